The number of benzene rings is 1. The van der Waals surface area contributed by atoms with Gasteiger partial charge in [0.2, 0.25) is 0 Å². The number of anilines is 1. The number of rotatable bonds is 5. The van der Waals surface area contributed by atoms with Crippen molar-refractivity contribution >= 4 is 29.1 Å². The van der Waals surface area contributed by atoms with Crippen LogP contribution in [0.4, 0.5) is 5.69 Å². The SMILES string of the molecule is O=C(NC1CCC2CC3CC(C2)C1C3)c1ccc(N2CC[C@H](NC(=O)c3ccc(Cl)nc3)C2)cc1. The highest BCUT2D eigenvalue weighted by molar-refractivity contribution is 6.29. The molecule has 3 aliphatic carbocycles. The van der Waals surface area contributed by atoms with Crippen LogP contribution in [0.15, 0.2) is 42.6 Å². The molecule has 2 aromatic rings. The molecule has 1 saturated heterocycles. The van der Waals surface area contributed by atoms with Crippen molar-refractivity contribution in [3.8, 4) is 0 Å². The second-order valence-electron chi connectivity index (χ2n) is 11.1. The van der Waals surface area contributed by atoms with Gasteiger partial charge in [0.05, 0.1) is 5.56 Å². The monoisotopic (exact) mass is 492 g/mol. The summed E-state index contributed by atoms with van der Waals surface area (Å²) in [5.74, 6) is 3.23. The third-order valence-corrected chi connectivity index (χ3v) is 9.10. The lowest BCUT2D eigenvalue weighted by atomic mass is 9.80. The van der Waals surface area contributed by atoms with Crippen LogP contribution in [0.1, 0.15) is 65.7 Å². The molecule has 184 valence electrons. The number of carbonyl (C=O) groups excluding carboxylic acids is 2. The third-order valence-electron chi connectivity index (χ3n) is 8.88. The van der Waals surface area contributed by atoms with Crippen molar-refractivity contribution in [1.29, 1.82) is 0 Å². The molecule has 1 aromatic heterocycles. The van der Waals surface area contributed by atoms with E-state index in [1.54, 1.807) is 12.1 Å². The summed E-state index contributed by atoms with van der Waals surface area (Å²) < 4.78 is 0. The van der Waals surface area contributed by atoms with E-state index >= 15 is 0 Å². The Balaban J connectivity index is 1.04. The van der Waals surface area contributed by atoms with Crippen molar-refractivity contribution in [3.63, 3.8) is 0 Å². The molecule has 6 rings (SSSR count). The summed E-state index contributed by atoms with van der Waals surface area (Å²) in [6.07, 6.45) is 10.3. The molecule has 35 heavy (non-hydrogen) atoms. The molecule has 7 heteroatoms. The lowest BCUT2D eigenvalue weighted by Crippen LogP contribution is -2.41. The predicted molar refractivity (Wildman–Crippen MR) is 137 cm³/mol. The maximum absolute atomic E-state index is 13.1. The smallest absolute Gasteiger partial charge is 0.253 e. The quantitative estimate of drug-likeness (QED) is 0.594. The molecule has 1 aliphatic heterocycles. The number of amides is 2. The highest BCUT2D eigenvalue weighted by atomic mass is 35.5. The molecule has 2 amide bonds. The van der Waals surface area contributed by atoms with Crippen LogP contribution >= 0.6 is 11.6 Å². The lowest BCUT2D eigenvalue weighted by Gasteiger charge is -2.27. The van der Waals surface area contributed by atoms with Crippen molar-refractivity contribution in [3.05, 3.63) is 58.9 Å². The molecule has 6 nitrogen and oxygen atoms in total. The molecule has 1 aromatic carbocycles. The Morgan fingerprint density at radius 2 is 1.63 bits per heavy atom. The Labute approximate surface area is 211 Å². The van der Waals surface area contributed by atoms with Gasteiger partial charge < -0.3 is 15.5 Å². The minimum Gasteiger partial charge on any atom is -0.369 e. The summed E-state index contributed by atoms with van der Waals surface area (Å²) >= 11 is 5.81. The standard InChI is InChI=1S/C28H33ClN4O2/c29-26-8-4-20(15-30-26)28(35)31-22-9-10-33(16-22)23-5-2-19(3-6-23)27(34)32-25-7-1-17-11-18-13-21(12-17)24(25)14-18/h2-6,8,15,17-18,21-22,24-25H,1,7,9-14,16H2,(H,31,35)(H,32,34)/t17?,18?,21?,22-,24?,25?/m0/s1. The maximum Gasteiger partial charge on any atom is 0.253 e. The van der Waals surface area contributed by atoms with Crippen molar-refractivity contribution in [2.45, 2.75) is 57.0 Å². The van der Waals surface area contributed by atoms with E-state index in [2.05, 4.69) is 20.5 Å². The lowest BCUT2D eigenvalue weighted by molar-refractivity contribution is 0.0910. The van der Waals surface area contributed by atoms with Gasteiger partial charge in [0.15, 0.2) is 0 Å². The summed E-state index contributed by atoms with van der Waals surface area (Å²) in [4.78, 5) is 31.8. The Hall–Kier alpha value is -2.60. The van der Waals surface area contributed by atoms with E-state index < -0.39 is 0 Å². The first-order valence-corrected chi connectivity index (χ1v) is 13.5. The van der Waals surface area contributed by atoms with E-state index in [4.69, 9.17) is 11.6 Å². The van der Waals surface area contributed by atoms with Crippen LogP contribution in [-0.4, -0.2) is 42.0 Å². The van der Waals surface area contributed by atoms with E-state index in [-0.39, 0.29) is 17.9 Å². The average Bonchev–Trinajstić information content (AvgIpc) is 3.42. The molecule has 4 aliphatic rings. The molecule has 5 unspecified atom stereocenters. The second-order valence-corrected chi connectivity index (χ2v) is 11.5. The maximum atomic E-state index is 13.1. The molecule has 4 fully saturated rings. The Morgan fingerprint density at radius 1 is 0.857 bits per heavy atom. The molecule has 3 saturated carbocycles. The Kier molecular flexibility index (Phi) is 6.17. The van der Waals surface area contributed by atoms with Crippen LogP contribution in [0.5, 0.6) is 0 Å². The van der Waals surface area contributed by atoms with Crippen LogP contribution in [0, 0.1) is 23.7 Å². The van der Waals surface area contributed by atoms with Gasteiger partial charge in [-0.1, -0.05) is 11.6 Å². The fraction of sp³-hybridized carbons (Fsp3) is 0.536. The third kappa shape index (κ3) is 4.77. The van der Waals surface area contributed by atoms with Gasteiger partial charge in [-0.2, -0.15) is 0 Å². The summed E-state index contributed by atoms with van der Waals surface area (Å²) in [6, 6.07) is 11.7. The largest absolute Gasteiger partial charge is 0.369 e. The van der Waals surface area contributed by atoms with E-state index in [1.807, 2.05) is 24.3 Å². The number of halogens is 1. The van der Waals surface area contributed by atoms with Gasteiger partial charge in [-0.15, -0.1) is 0 Å². The topological polar surface area (TPSA) is 74.3 Å². The Bertz CT molecular complexity index is 1090. The van der Waals surface area contributed by atoms with Crippen molar-refractivity contribution in [1.82, 2.24) is 15.6 Å². The number of fused-ring (bicyclic) bond motifs is 2. The average molecular weight is 493 g/mol. The summed E-state index contributed by atoms with van der Waals surface area (Å²) in [7, 11) is 0. The molecule has 6 atom stereocenters. The fourth-order valence-electron chi connectivity index (χ4n) is 7.24. The number of aromatic nitrogens is 1. The van der Waals surface area contributed by atoms with Crippen LogP contribution in [0.25, 0.3) is 0 Å². The van der Waals surface area contributed by atoms with E-state index in [0.29, 0.717) is 22.7 Å². The molecule has 2 N–H and O–H groups in total. The van der Waals surface area contributed by atoms with Crippen LogP contribution < -0.4 is 15.5 Å². The van der Waals surface area contributed by atoms with Gasteiger partial charge in [0, 0.05) is 42.6 Å². The van der Waals surface area contributed by atoms with Crippen LogP contribution in [0.3, 0.4) is 0 Å². The first-order valence-electron chi connectivity index (χ1n) is 13.1. The number of hydrogen-bond donors (Lipinski definition) is 2. The number of carbonyl (C=O) groups is 2. The molecule has 2 heterocycles. The first-order chi connectivity index (χ1) is 17.0. The van der Waals surface area contributed by atoms with Crippen LogP contribution in [0.2, 0.25) is 5.15 Å². The van der Waals surface area contributed by atoms with Gasteiger partial charge in [-0.3, -0.25) is 9.59 Å². The highest BCUT2D eigenvalue weighted by Crippen LogP contribution is 2.53. The van der Waals surface area contributed by atoms with Crippen molar-refractivity contribution in [2.24, 2.45) is 23.7 Å². The van der Waals surface area contributed by atoms with Gasteiger partial charge in [0.1, 0.15) is 5.15 Å². The Morgan fingerprint density at radius 3 is 2.43 bits per heavy atom. The fourth-order valence-corrected chi connectivity index (χ4v) is 7.35. The zero-order valence-corrected chi connectivity index (χ0v) is 20.7. The van der Waals surface area contributed by atoms with Gasteiger partial charge in [-0.05, 0) is 105 Å². The van der Waals surface area contributed by atoms with E-state index in [9.17, 15) is 9.59 Å². The summed E-state index contributed by atoms with van der Waals surface area (Å²) in [5.41, 5.74) is 2.33. The minimum atomic E-state index is -0.131. The highest BCUT2D eigenvalue weighted by Gasteiger charge is 2.46. The van der Waals surface area contributed by atoms with E-state index in [1.165, 1.54) is 38.3 Å². The zero-order valence-electron chi connectivity index (χ0n) is 20.0. The molecule has 0 radical (unpaired) electrons. The minimum absolute atomic E-state index is 0.0610. The zero-order chi connectivity index (χ0) is 23.9. The van der Waals surface area contributed by atoms with Crippen molar-refractivity contribution in [2.75, 3.05) is 18.0 Å². The molecule has 3 bridgehead atoms. The predicted octanol–water partition coefficient (Wildman–Crippen LogP) is 4.69. The van der Waals surface area contributed by atoms with Gasteiger partial charge >= 0.3 is 0 Å². The molecule has 0 spiro atoms. The normalized spacial score (nSPS) is 31.3. The number of nitrogens with zero attached hydrogens (tertiary/aromatic N) is 2. The van der Waals surface area contributed by atoms with E-state index in [0.717, 1.165) is 54.9 Å². The molecular weight excluding hydrogens is 460 g/mol. The number of nitrogens with one attached hydrogen (secondary N) is 2. The van der Waals surface area contributed by atoms with Crippen molar-refractivity contribution < 1.29 is 9.59 Å². The molecular formula is C28H33ClN4O2. The summed E-state index contributed by atoms with van der Waals surface area (Å²) in [5, 5.41) is 6.88. The van der Waals surface area contributed by atoms with Gasteiger partial charge in [0.25, 0.3) is 11.8 Å². The summed E-state index contributed by atoms with van der Waals surface area (Å²) in [6.45, 7) is 1.61. The van der Waals surface area contributed by atoms with Gasteiger partial charge in [-0.25, -0.2) is 4.98 Å². The second kappa shape index (κ2) is 9.45. The van der Waals surface area contributed by atoms with Crippen LogP contribution in [-0.2, 0) is 0 Å². The first kappa shape index (κ1) is 22.8. The number of hydrogen-bond acceptors (Lipinski definition) is 4. The number of pyridine rings is 1.